The van der Waals surface area contributed by atoms with Gasteiger partial charge in [-0.1, -0.05) is 36.4 Å². The van der Waals surface area contributed by atoms with E-state index in [0.29, 0.717) is 0 Å². The summed E-state index contributed by atoms with van der Waals surface area (Å²) in [7, 11) is 0. The van der Waals surface area contributed by atoms with Crippen LogP contribution in [0.25, 0.3) is 5.57 Å². The molecule has 0 fully saturated rings. The summed E-state index contributed by atoms with van der Waals surface area (Å²) in [5.41, 5.74) is 11.2. The fourth-order valence-corrected chi connectivity index (χ4v) is 2.09. The molecule has 2 rings (SSSR count). The molecule has 0 heterocycles. The van der Waals surface area contributed by atoms with Crippen LogP contribution in [0.4, 0.5) is 0 Å². The summed E-state index contributed by atoms with van der Waals surface area (Å²) in [5.74, 6) is 0. The fourth-order valence-electron chi connectivity index (χ4n) is 2.09. The highest BCUT2D eigenvalue weighted by Crippen LogP contribution is 2.26. The second-order valence-corrected chi connectivity index (χ2v) is 4.18. The zero-order chi connectivity index (χ0) is 10.8. The van der Waals surface area contributed by atoms with Crippen molar-refractivity contribution in [2.45, 2.75) is 26.3 Å². The molecule has 0 saturated heterocycles. The Labute approximate surface area is 91.3 Å². The Kier molecular flexibility index (Phi) is 2.74. The minimum absolute atomic E-state index is 0.193. The van der Waals surface area contributed by atoms with Crippen molar-refractivity contribution in [3.63, 3.8) is 0 Å². The van der Waals surface area contributed by atoms with Crippen LogP contribution in [0.15, 0.2) is 36.4 Å². The topological polar surface area (TPSA) is 26.0 Å². The second kappa shape index (κ2) is 4.03. The van der Waals surface area contributed by atoms with Gasteiger partial charge in [-0.2, -0.15) is 0 Å². The molecule has 0 spiro atoms. The third-order valence-electron chi connectivity index (χ3n) is 2.90. The maximum Gasteiger partial charge on any atom is 0.0262 e. The van der Waals surface area contributed by atoms with Crippen LogP contribution >= 0.6 is 0 Å². The van der Waals surface area contributed by atoms with Crippen LogP contribution in [-0.4, -0.2) is 6.04 Å². The Balaban J connectivity index is 2.43. The number of rotatable bonds is 1. The van der Waals surface area contributed by atoms with E-state index in [9.17, 15) is 0 Å². The van der Waals surface area contributed by atoms with Gasteiger partial charge in [0.1, 0.15) is 0 Å². The van der Waals surface area contributed by atoms with Gasteiger partial charge in [0.2, 0.25) is 0 Å². The Bertz CT molecular complexity index is 407. The van der Waals surface area contributed by atoms with Gasteiger partial charge >= 0.3 is 0 Å². The molecule has 2 N–H and O–H groups in total. The standard InChI is InChI=1S/C14H17N/c1-10-4-3-5-11(2)14(10)12-6-8-13(15)9-7-12/h3-8,13H,9,15H2,1-2H3. The minimum Gasteiger partial charge on any atom is -0.324 e. The van der Waals surface area contributed by atoms with Crippen molar-refractivity contribution >= 4 is 5.57 Å². The molecule has 1 aromatic carbocycles. The minimum atomic E-state index is 0.193. The van der Waals surface area contributed by atoms with Crippen LogP contribution < -0.4 is 5.73 Å². The molecule has 0 radical (unpaired) electrons. The smallest absolute Gasteiger partial charge is 0.0262 e. The Hall–Kier alpha value is -1.34. The van der Waals surface area contributed by atoms with E-state index in [1.165, 1.54) is 22.3 Å². The van der Waals surface area contributed by atoms with E-state index >= 15 is 0 Å². The zero-order valence-corrected chi connectivity index (χ0v) is 9.33. The lowest BCUT2D eigenvalue weighted by atomic mass is 9.91. The molecular weight excluding hydrogens is 182 g/mol. The largest absolute Gasteiger partial charge is 0.324 e. The quantitative estimate of drug-likeness (QED) is 0.739. The van der Waals surface area contributed by atoms with E-state index in [1.807, 2.05) is 0 Å². The molecule has 0 saturated carbocycles. The molecule has 1 unspecified atom stereocenters. The first-order chi connectivity index (χ1) is 7.18. The van der Waals surface area contributed by atoms with Crippen molar-refractivity contribution in [2.24, 2.45) is 5.73 Å². The van der Waals surface area contributed by atoms with E-state index < -0.39 is 0 Å². The van der Waals surface area contributed by atoms with E-state index in [-0.39, 0.29) is 6.04 Å². The lowest BCUT2D eigenvalue weighted by molar-refractivity contribution is 0.828. The number of hydrogen-bond donors (Lipinski definition) is 1. The number of benzene rings is 1. The molecule has 1 aromatic rings. The average molecular weight is 199 g/mol. The van der Waals surface area contributed by atoms with Gasteiger partial charge in [-0.05, 0) is 42.5 Å². The van der Waals surface area contributed by atoms with E-state index in [4.69, 9.17) is 5.73 Å². The highest BCUT2D eigenvalue weighted by molar-refractivity contribution is 5.78. The molecule has 1 atom stereocenters. The SMILES string of the molecule is Cc1cccc(C)c1C1=CCC(N)C=C1. The fraction of sp³-hybridized carbons (Fsp3) is 0.286. The summed E-state index contributed by atoms with van der Waals surface area (Å²) in [6.07, 6.45) is 7.41. The molecule has 1 nitrogen and oxygen atoms in total. The Morgan fingerprint density at radius 2 is 1.87 bits per heavy atom. The number of allylic oxidation sites excluding steroid dienone is 2. The highest BCUT2D eigenvalue weighted by atomic mass is 14.6. The van der Waals surface area contributed by atoms with Crippen LogP contribution in [0.2, 0.25) is 0 Å². The molecule has 15 heavy (non-hydrogen) atoms. The number of nitrogens with two attached hydrogens (primary N) is 1. The molecule has 0 bridgehead atoms. The van der Waals surface area contributed by atoms with Crippen molar-refractivity contribution in [1.82, 2.24) is 0 Å². The predicted molar refractivity (Wildman–Crippen MR) is 65.6 cm³/mol. The van der Waals surface area contributed by atoms with E-state index in [0.717, 1.165) is 6.42 Å². The van der Waals surface area contributed by atoms with Crippen LogP contribution in [0.1, 0.15) is 23.1 Å². The lowest BCUT2D eigenvalue weighted by Crippen LogP contribution is -2.17. The average Bonchev–Trinajstić information content (AvgIpc) is 2.20. The Morgan fingerprint density at radius 1 is 1.20 bits per heavy atom. The first-order valence-corrected chi connectivity index (χ1v) is 5.39. The number of aryl methyl sites for hydroxylation is 2. The lowest BCUT2D eigenvalue weighted by Gasteiger charge is -2.15. The van der Waals surface area contributed by atoms with Crippen molar-refractivity contribution in [3.8, 4) is 0 Å². The van der Waals surface area contributed by atoms with Gasteiger partial charge in [0, 0.05) is 6.04 Å². The molecule has 0 aliphatic heterocycles. The zero-order valence-electron chi connectivity index (χ0n) is 9.33. The maximum absolute atomic E-state index is 5.82. The van der Waals surface area contributed by atoms with Crippen molar-refractivity contribution in [3.05, 3.63) is 53.1 Å². The van der Waals surface area contributed by atoms with Gasteiger partial charge in [-0.15, -0.1) is 0 Å². The molecule has 78 valence electrons. The summed E-state index contributed by atoms with van der Waals surface area (Å²) in [4.78, 5) is 0. The summed E-state index contributed by atoms with van der Waals surface area (Å²) in [6.45, 7) is 4.32. The van der Waals surface area contributed by atoms with Gasteiger partial charge in [0.05, 0.1) is 0 Å². The van der Waals surface area contributed by atoms with Crippen molar-refractivity contribution in [2.75, 3.05) is 0 Å². The predicted octanol–water partition coefficient (Wildman–Crippen LogP) is 2.97. The first-order valence-electron chi connectivity index (χ1n) is 5.39. The van der Waals surface area contributed by atoms with Crippen molar-refractivity contribution in [1.29, 1.82) is 0 Å². The van der Waals surface area contributed by atoms with Crippen LogP contribution in [0.5, 0.6) is 0 Å². The molecule has 0 amide bonds. The monoisotopic (exact) mass is 199 g/mol. The maximum atomic E-state index is 5.82. The van der Waals surface area contributed by atoms with E-state index in [2.05, 4.69) is 50.3 Å². The molecular formula is C14H17N. The Morgan fingerprint density at radius 3 is 2.40 bits per heavy atom. The van der Waals surface area contributed by atoms with Gasteiger partial charge in [-0.3, -0.25) is 0 Å². The van der Waals surface area contributed by atoms with E-state index in [1.54, 1.807) is 0 Å². The van der Waals surface area contributed by atoms with Gasteiger partial charge in [-0.25, -0.2) is 0 Å². The summed E-state index contributed by atoms with van der Waals surface area (Å²) < 4.78 is 0. The third kappa shape index (κ3) is 2.02. The number of hydrogen-bond acceptors (Lipinski definition) is 1. The second-order valence-electron chi connectivity index (χ2n) is 4.18. The third-order valence-corrected chi connectivity index (χ3v) is 2.90. The van der Waals surface area contributed by atoms with Gasteiger partial charge < -0.3 is 5.73 Å². The summed E-state index contributed by atoms with van der Waals surface area (Å²) in [5, 5.41) is 0. The molecule has 1 aliphatic carbocycles. The van der Waals surface area contributed by atoms with Crippen LogP contribution in [0, 0.1) is 13.8 Å². The van der Waals surface area contributed by atoms with Gasteiger partial charge in [0.15, 0.2) is 0 Å². The van der Waals surface area contributed by atoms with Gasteiger partial charge in [0.25, 0.3) is 0 Å². The highest BCUT2D eigenvalue weighted by Gasteiger charge is 2.09. The van der Waals surface area contributed by atoms with Crippen LogP contribution in [-0.2, 0) is 0 Å². The molecule has 1 heteroatoms. The first kappa shape index (κ1) is 10.2. The normalized spacial score (nSPS) is 20.2. The molecule has 1 aliphatic rings. The van der Waals surface area contributed by atoms with Crippen molar-refractivity contribution < 1.29 is 0 Å². The molecule has 0 aromatic heterocycles. The summed E-state index contributed by atoms with van der Waals surface area (Å²) in [6, 6.07) is 6.61. The summed E-state index contributed by atoms with van der Waals surface area (Å²) >= 11 is 0. The van der Waals surface area contributed by atoms with Crippen LogP contribution in [0.3, 0.4) is 0 Å².